The Morgan fingerprint density at radius 1 is 1.20 bits per heavy atom. The zero-order chi connectivity index (χ0) is 14.6. The first-order valence-electron chi connectivity index (χ1n) is 7.83. The average molecular weight is 277 g/mol. The van der Waals surface area contributed by atoms with Crippen molar-refractivity contribution in [2.45, 2.75) is 57.6 Å². The van der Waals surface area contributed by atoms with Gasteiger partial charge in [0.05, 0.1) is 6.10 Å². The second-order valence-corrected chi connectivity index (χ2v) is 5.89. The molecule has 0 spiro atoms. The molecule has 112 valence electrons. The van der Waals surface area contributed by atoms with Crippen LogP contribution in [0.2, 0.25) is 0 Å². The molecule has 1 aliphatic rings. The first-order chi connectivity index (χ1) is 9.62. The smallest absolute Gasteiger partial charge is 0.115 e. The van der Waals surface area contributed by atoms with Crippen LogP contribution in [0.15, 0.2) is 24.3 Å². The maximum absolute atomic E-state index is 10.8. The number of benzene rings is 1. The summed E-state index contributed by atoms with van der Waals surface area (Å²) in [5.74, 6) is 0.273. The fraction of sp³-hybridized carbons (Fsp3) is 0.647. The van der Waals surface area contributed by atoms with Crippen molar-refractivity contribution in [1.29, 1.82) is 0 Å². The second-order valence-electron chi connectivity index (χ2n) is 5.89. The lowest BCUT2D eigenvalue weighted by Crippen LogP contribution is -2.55. The Kier molecular flexibility index (Phi) is 5.06. The van der Waals surface area contributed by atoms with Crippen molar-refractivity contribution < 1.29 is 10.2 Å². The number of nitrogens with zero attached hydrogens (tertiary/aromatic N) is 1. The number of phenols is 1. The Morgan fingerprint density at radius 2 is 1.85 bits per heavy atom. The number of hydrogen-bond donors (Lipinski definition) is 2. The van der Waals surface area contributed by atoms with Crippen molar-refractivity contribution in [3.8, 4) is 5.75 Å². The van der Waals surface area contributed by atoms with E-state index in [0.717, 1.165) is 31.5 Å². The van der Waals surface area contributed by atoms with Gasteiger partial charge in [-0.15, -0.1) is 0 Å². The molecule has 0 radical (unpaired) electrons. The normalized spacial score (nSPS) is 18.4. The van der Waals surface area contributed by atoms with Crippen LogP contribution in [0.25, 0.3) is 0 Å². The first kappa shape index (κ1) is 15.3. The fourth-order valence-electron chi connectivity index (χ4n) is 3.64. The monoisotopic (exact) mass is 277 g/mol. The summed E-state index contributed by atoms with van der Waals surface area (Å²) in [6.07, 6.45) is 4.61. The van der Waals surface area contributed by atoms with E-state index in [9.17, 15) is 10.2 Å². The molecule has 0 aliphatic carbocycles. The van der Waals surface area contributed by atoms with Crippen LogP contribution in [0.4, 0.5) is 0 Å². The fourth-order valence-corrected chi connectivity index (χ4v) is 3.64. The number of aromatic hydroxyl groups is 1. The van der Waals surface area contributed by atoms with E-state index in [4.69, 9.17) is 0 Å². The zero-order valence-electron chi connectivity index (χ0n) is 12.7. The van der Waals surface area contributed by atoms with Gasteiger partial charge < -0.3 is 10.2 Å². The maximum Gasteiger partial charge on any atom is 0.115 e. The quantitative estimate of drug-likeness (QED) is 0.840. The summed E-state index contributed by atoms with van der Waals surface area (Å²) in [6, 6.07) is 7.24. The summed E-state index contributed by atoms with van der Waals surface area (Å²) in [5, 5.41) is 20.4. The minimum absolute atomic E-state index is 0.123. The summed E-state index contributed by atoms with van der Waals surface area (Å²) in [7, 11) is 0. The lowest BCUT2D eigenvalue weighted by atomic mass is 9.81. The van der Waals surface area contributed by atoms with Gasteiger partial charge in [0.2, 0.25) is 0 Å². The van der Waals surface area contributed by atoms with E-state index < -0.39 is 6.10 Å². The van der Waals surface area contributed by atoms with E-state index in [1.54, 1.807) is 12.1 Å². The highest BCUT2D eigenvalue weighted by Gasteiger charge is 2.41. The Labute approximate surface area is 122 Å². The first-order valence-corrected chi connectivity index (χ1v) is 7.83. The molecule has 1 unspecified atom stereocenters. The molecule has 1 fully saturated rings. The van der Waals surface area contributed by atoms with Crippen molar-refractivity contribution in [1.82, 2.24) is 4.90 Å². The molecule has 2 N–H and O–H groups in total. The lowest BCUT2D eigenvalue weighted by Gasteiger charge is -2.44. The summed E-state index contributed by atoms with van der Waals surface area (Å²) < 4.78 is 0. The zero-order valence-corrected chi connectivity index (χ0v) is 12.7. The van der Waals surface area contributed by atoms with Crippen LogP contribution >= 0.6 is 0 Å². The van der Waals surface area contributed by atoms with Crippen molar-refractivity contribution in [2.75, 3.05) is 13.1 Å². The number of aliphatic hydroxyl groups excluding tert-OH is 1. The predicted octanol–water partition coefficient (Wildman–Crippen LogP) is 2.95. The van der Waals surface area contributed by atoms with Crippen LogP contribution in [-0.2, 0) is 6.42 Å². The molecule has 3 nitrogen and oxygen atoms in total. The highest BCUT2D eigenvalue weighted by Crippen LogP contribution is 2.33. The van der Waals surface area contributed by atoms with Gasteiger partial charge in [-0.25, -0.2) is 0 Å². The summed E-state index contributed by atoms with van der Waals surface area (Å²) >= 11 is 0. The summed E-state index contributed by atoms with van der Waals surface area (Å²) in [6.45, 7) is 6.54. The van der Waals surface area contributed by atoms with Gasteiger partial charge in [0.1, 0.15) is 5.75 Å². The molecule has 3 heteroatoms. The molecule has 2 rings (SSSR count). The Bertz CT molecular complexity index is 423. The molecular formula is C17H27NO2. The molecule has 1 saturated heterocycles. The van der Waals surface area contributed by atoms with Gasteiger partial charge in [0.25, 0.3) is 0 Å². The lowest BCUT2D eigenvalue weighted by molar-refractivity contribution is -0.0270. The SMILES string of the molecule is CCC(CC)(C(O)Cc1cccc(O)c1)N1CCCC1. The minimum Gasteiger partial charge on any atom is -0.508 e. The second kappa shape index (κ2) is 6.59. The molecule has 1 heterocycles. The number of phenolic OH excluding ortho intramolecular Hbond substituents is 1. The van der Waals surface area contributed by atoms with Crippen molar-refractivity contribution >= 4 is 0 Å². The molecule has 1 aromatic rings. The highest BCUT2D eigenvalue weighted by atomic mass is 16.3. The van der Waals surface area contributed by atoms with Crippen LogP contribution in [0.5, 0.6) is 5.75 Å². The van der Waals surface area contributed by atoms with Crippen LogP contribution in [-0.4, -0.2) is 39.8 Å². The Balaban J connectivity index is 2.16. The highest BCUT2D eigenvalue weighted by molar-refractivity contribution is 5.28. The van der Waals surface area contributed by atoms with Crippen molar-refractivity contribution in [2.24, 2.45) is 0 Å². The van der Waals surface area contributed by atoms with E-state index in [-0.39, 0.29) is 11.3 Å². The molecule has 0 amide bonds. The van der Waals surface area contributed by atoms with E-state index in [1.165, 1.54) is 12.8 Å². The third-order valence-electron chi connectivity index (χ3n) is 4.92. The average Bonchev–Trinajstić information content (AvgIpc) is 2.95. The van der Waals surface area contributed by atoms with Gasteiger partial charge in [-0.1, -0.05) is 26.0 Å². The standard InChI is InChI=1S/C17H27NO2/c1-3-17(4-2,18-10-5-6-11-18)16(20)13-14-8-7-9-15(19)12-14/h7-9,12,16,19-20H,3-6,10-11,13H2,1-2H3. The van der Waals surface area contributed by atoms with Gasteiger partial charge in [-0.2, -0.15) is 0 Å². The topological polar surface area (TPSA) is 43.7 Å². The van der Waals surface area contributed by atoms with E-state index in [2.05, 4.69) is 18.7 Å². The van der Waals surface area contributed by atoms with Crippen LogP contribution < -0.4 is 0 Å². The summed E-state index contributed by atoms with van der Waals surface area (Å²) in [5.41, 5.74) is 0.880. The van der Waals surface area contributed by atoms with Crippen LogP contribution in [0.1, 0.15) is 45.1 Å². The molecule has 0 saturated carbocycles. The third kappa shape index (κ3) is 2.99. The van der Waals surface area contributed by atoms with Gasteiger partial charge in [-0.05, 0) is 56.5 Å². The van der Waals surface area contributed by atoms with Crippen molar-refractivity contribution in [3.05, 3.63) is 29.8 Å². The third-order valence-corrected chi connectivity index (χ3v) is 4.92. The Hall–Kier alpha value is -1.06. The number of likely N-dealkylation sites (tertiary alicyclic amines) is 1. The number of aliphatic hydroxyl groups is 1. The Morgan fingerprint density at radius 3 is 2.40 bits per heavy atom. The molecular weight excluding hydrogens is 250 g/mol. The minimum atomic E-state index is -0.391. The van der Waals surface area contributed by atoms with E-state index in [0.29, 0.717) is 6.42 Å². The molecule has 20 heavy (non-hydrogen) atoms. The molecule has 1 atom stereocenters. The van der Waals surface area contributed by atoms with E-state index in [1.807, 2.05) is 12.1 Å². The van der Waals surface area contributed by atoms with Gasteiger partial charge >= 0.3 is 0 Å². The van der Waals surface area contributed by atoms with Crippen molar-refractivity contribution in [3.63, 3.8) is 0 Å². The number of hydrogen-bond acceptors (Lipinski definition) is 3. The molecule has 0 aromatic heterocycles. The number of rotatable bonds is 6. The summed E-state index contributed by atoms with van der Waals surface area (Å²) in [4.78, 5) is 2.47. The van der Waals surface area contributed by atoms with Gasteiger partial charge in [0, 0.05) is 12.0 Å². The molecule has 1 aromatic carbocycles. The van der Waals surface area contributed by atoms with Crippen LogP contribution in [0, 0.1) is 0 Å². The molecule has 0 bridgehead atoms. The van der Waals surface area contributed by atoms with E-state index >= 15 is 0 Å². The predicted molar refractivity (Wildman–Crippen MR) is 81.9 cm³/mol. The largest absolute Gasteiger partial charge is 0.508 e. The maximum atomic E-state index is 10.8. The molecule has 1 aliphatic heterocycles. The van der Waals surface area contributed by atoms with Gasteiger partial charge in [0.15, 0.2) is 0 Å². The van der Waals surface area contributed by atoms with Crippen LogP contribution in [0.3, 0.4) is 0 Å². The van der Waals surface area contributed by atoms with Gasteiger partial charge in [-0.3, -0.25) is 4.90 Å².